The number of ether oxygens (including phenoxy) is 1. The standard InChI is InChI=1S/C20H26N2O2/c23-14-20-11-21-19(16-24-15-18-9-5-2-6-10-18)13-22(20)12-17-7-3-1-4-8-17/h1-10,19-21,23H,11-16H2. The van der Waals surface area contributed by atoms with Gasteiger partial charge < -0.3 is 15.2 Å². The molecule has 4 heteroatoms. The maximum atomic E-state index is 9.64. The van der Waals surface area contributed by atoms with E-state index < -0.39 is 0 Å². The first kappa shape index (κ1) is 17.1. The Balaban J connectivity index is 1.50. The molecular weight excluding hydrogens is 300 g/mol. The van der Waals surface area contributed by atoms with Crippen LogP contribution in [0.1, 0.15) is 11.1 Å². The van der Waals surface area contributed by atoms with Crippen LogP contribution in [0.4, 0.5) is 0 Å². The van der Waals surface area contributed by atoms with Crippen LogP contribution in [0.3, 0.4) is 0 Å². The molecule has 4 nitrogen and oxygen atoms in total. The summed E-state index contributed by atoms with van der Waals surface area (Å²) >= 11 is 0. The van der Waals surface area contributed by atoms with E-state index in [1.54, 1.807) is 0 Å². The Morgan fingerprint density at radius 3 is 2.33 bits per heavy atom. The Labute approximate surface area is 144 Å². The van der Waals surface area contributed by atoms with Gasteiger partial charge in [-0.05, 0) is 11.1 Å². The van der Waals surface area contributed by atoms with Crippen molar-refractivity contribution in [3.05, 3.63) is 71.8 Å². The molecule has 2 aromatic carbocycles. The topological polar surface area (TPSA) is 44.7 Å². The van der Waals surface area contributed by atoms with Gasteiger partial charge in [0.05, 0.1) is 19.8 Å². The van der Waals surface area contributed by atoms with Gasteiger partial charge in [-0.15, -0.1) is 0 Å². The average molecular weight is 326 g/mol. The first-order valence-corrected chi connectivity index (χ1v) is 8.59. The van der Waals surface area contributed by atoms with Gasteiger partial charge in [0.2, 0.25) is 0 Å². The number of rotatable bonds is 7. The van der Waals surface area contributed by atoms with E-state index in [2.05, 4.69) is 46.6 Å². The molecule has 0 aromatic heterocycles. The molecule has 0 aliphatic carbocycles. The lowest BCUT2D eigenvalue weighted by Gasteiger charge is -2.39. The number of benzene rings is 2. The Kier molecular flexibility index (Phi) is 6.38. The lowest BCUT2D eigenvalue weighted by molar-refractivity contribution is 0.0326. The first-order chi connectivity index (χ1) is 11.8. The van der Waals surface area contributed by atoms with Crippen LogP contribution < -0.4 is 5.32 Å². The van der Waals surface area contributed by atoms with Gasteiger partial charge in [-0.3, -0.25) is 4.90 Å². The number of hydrogen-bond donors (Lipinski definition) is 2. The lowest BCUT2D eigenvalue weighted by atomic mass is 10.1. The van der Waals surface area contributed by atoms with Crippen molar-refractivity contribution in [2.24, 2.45) is 0 Å². The molecule has 1 saturated heterocycles. The smallest absolute Gasteiger partial charge is 0.0717 e. The van der Waals surface area contributed by atoms with Gasteiger partial charge >= 0.3 is 0 Å². The molecule has 0 saturated carbocycles. The molecule has 0 radical (unpaired) electrons. The summed E-state index contributed by atoms with van der Waals surface area (Å²) in [4.78, 5) is 2.35. The molecule has 1 heterocycles. The second kappa shape index (κ2) is 8.94. The van der Waals surface area contributed by atoms with Crippen molar-refractivity contribution in [3.63, 3.8) is 0 Å². The Morgan fingerprint density at radius 2 is 1.67 bits per heavy atom. The monoisotopic (exact) mass is 326 g/mol. The Morgan fingerprint density at radius 1 is 1.00 bits per heavy atom. The summed E-state index contributed by atoms with van der Waals surface area (Å²) in [6.45, 7) is 4.04. The van der Waals surface area contributed by atoms with E-state index in [1.165, 1.54) is 11.1 Å². The van der Waals surface area contributed by atoms with Gasteiger partial charge in [-0.25, -0.2) is 0 Å². The van der Waals surface area contributed by atoms with E-state index in [1.807, 2.05) is 24.3 Å². The zero-order valence-electron chi connectivity index (χ0n) is 14.0. The summed E-state index contributed by atoms with van der Waals surface area (Å²) in [5.74, 6) is 0. The van der Waals surface area contributed by atoms with Crippen LogP contribution in [0, 0.1) is 0 Å². The van der Waals surface area contributed by atoms with Crippen LogP contribution in [-0.4, -0.2) is 48.4 Å². The van der Waals surface area contributed by atoms with Gasteiger partial charge in [0.15, 0.2) is 0 Å². The second-order valence-corrected chi connectivity index (χ2v) is 6.36. The third kappa shape index (κ3) is 4.89. The summed E-state index contributed by atoms with van der Waals surface area (Å²) in [6.07, 6.45) is 0. The molecular formula is C20H26N2O2. The van der Waals surface area contributed by atoms with Crippen LogP contribution in [0.5, 0.6) is 0 Å². The van der Waals surface area contributed by atoms with Crippen LogP contribution in [0.15, 0.2) is 60.7 Å². The number of piperazine rings is 1. The van der Waals surface area contributed by atoms with Gasteiger partial charge in [0.1, 0.15) is 0 Å². The minimum Gasteiger partial charge on any atom is -0.395 e. The number of aliphatic hydroxyl groups is 1. The van der Waals surface area contributed by atoms with E-state index in [9.17, 15) is 5.11 Å². The molecule has 2 atom stereocenters. The predicted molar refractivity (Wildman–Crippen MR) is 95.6 cm³/mol. The molecule has 0 spiro atoms. The number of nitrogens with zero attached hydrogens (tertiary/aromatic N) is 1. The Hall–Kier alpha value is -1.72. The van der Waals surface area contributed by atoms with Crippen molar-refractivity contribution >= 4 is 0 Å². The van der Waals surface area contributed by atoms with Crippen LogP contribution in [0.25, 0.3) is 0 Å². The largest absolute Gasteiger partial charge is 0.395 e. The van der Waals surface area contributed by atoms with E-state index >= 15 is 0 Å². The van der Waals surface area contributed by atoms with Gasteiger partial charge in [-0.1, -0.05) is 60.7 Å². The van der Waals surface area contributed by atoms with Crippen LogP contribution >= 0.6 is 0 Å². The number of hydrogen-bond acceptors (Lipinski definition) is 4. The van der Waals surface area contributed by atoms with Crippen LogP contribution in [-0.2, 0) is 17.9 Å². The molecule has 0 amide bonds. The first-order valence-electron chi connectivity index (χ1n) is 8.59. The number of aliphatic hydroxyl groups excluding tert-OH is 1. The number of nitrogens with one attached hydrogen (secondary N) is 1. The average Bonchev–Trinajstić information content (AvgIpc) is 2.64. The maximum absolute atomic E-state index is 9.64. The van der Waals surface area contributed by atoms with Crippen molar-refractivity contribution in [2.45, 2.75) is 25.2 Å². The summed E-state index contributed by atoms with van der Waals surface area (Å²) in [7, 11) is 0. The fraction of sp³-hybridized carbons (Fsp3) is 0.400. The van der Waals surface area contributed by atoms with E-state index in [-0.39, 0.29) is 12.6 Å². The van der Waals surface area contributed by atoms with E-state index in [4.69, 9.17) is 4.74 Å². The Bertz CT molecular complexity index is 591. The van der Waals surface area contributed by atoms with Crippen molar-refractivity contribution < 1.29 is 9.84 Å². The molecule has 2 N–H and O–H groups in total. The van der Waals surface area contributed by atoms with Crippen molar-refractivity contribution in [2.75, 3.05) is 26.3 Å². The van der Waals surface area contributed by atoms with E-state index in [0.717, 1.165) is 19.6 Å². The summed E-state index contributed by atoms with van der Waals surface area (Å²) in [5.41, 5.74) is 2.48. The second-order valence-electron chi connectivity index (χ2n) is 6.36. The molecule has 1 fully saturated rings. The molecule has 128 valence electrons. The molecule has 3 rings (SSSR count). The third-order valence-corrected chi connectivity index (χ3v) is 4.48. The van der Waals surface area contributed by atoms with Gasteiger partial charge in [0.25, 0.3) is 0 Å². The maximum Gasteiger partial charge on any atom is 0.0717 e. The minimum atomic E-state index is 0.163. The molecule has 2 aromatic rings. The highest BCUT2D eigenvalue weighted by Crippen LogP contribution is 2.13. The summed E-state index contributed by atoms with van der Waals surface area (Å²) in [5, 5.41) is 13.1. The normalized spacial score (nSPS) is 21.7. The lowest BCUT2D eigenvalue weighted by Crippen LogP contribution is -2.58. The molecule has 2 unspecified atom stereocenters. The van der Waals surface area contributed by atoms with E-state index in [0.29, 0.717) is 19.3 Å². The van der Waals surface area contributed by atoms with Crippen molar-refractivity contribution in [1.82, 2.24) is 10.2 Å². The van der Waals surface area contributed by atoms with Crippen LogP contribution in [0.2, 0.25) is 0 Å². The van der Waals surface area contributed by atoms with Crippen molar-refractivity contribution in [1.29, 1.82) is 0 Å². The highest BCUT2D eigenvalue weighted by atomic mass is 16.5. The summed E-state index contributed by atoms with van der Waals surface area (Å²) in [6, 6.07) is 21.1. The van der Waals surface area contributed by atoms with Gasteiger partial charge in [0, 0.05) is 31.7 Å². The third-order valence-electron chi connectivity index (χ3n) is 4.48. The van der Waals surface area contributed by atoms with Crippen molar-refractivity contribution in [3.8, 4) is 0 Å². The zero-order chi connectivity index (χ0) is 16.6. The molecule has 1 aliphatic rings. The van der Waals surface area contributed by atoms with Gasteiger partial charge in [-0.2, -0.15) is 0 Å². The molecule has 1 aliphatic heterocycles. The highest BCUT2D eigenvalue weighted by Gasteiger charge is 2.27. The molecule has 24 heavy (non-hydrogen) atoms. The quantitative estimate of drug-likeness (QED) is 0.817. The zero-order valence-corrected chi connectivity index (χ0v) is 14.0. The minimum absolute atomic E-state index is 0.163. The highest BCUT2D eigenvalue weighted by molar-refractivity contribution is 5.15. The fourth-order valence-corrected chi connectivity index (χ4v) is 3.13. The summed E-state index contributed by atoms with van der Waals surface area (Å²) < 4.78 is 5.87. The molecule has 0 bridgehead atoms. The fourth-order valence-electron chi connectivity index (χ4n) is 3.13. The SMILES string of the molecule is OCC1CNC(COCc2ccccc2)CN1Cc1ccccc1. The predicted octanol–water partition coefficient (Wildman–Crippen LogP) is 2.04.